The third kappa shape index (κ3) is 2.12. The minimum atomic E-state index is -1.03. The molecular weight excluding hydrogens is 282 g/mol. The second-order valence-electron chi connectivity index (χ2n) is 6.71. The van der Waals surface area contributed by atoms with E-state index in [2.05, 4.69) is 57.5 Å². The number of hydrogen-bond donors (Lipinski definition) is 1. The lowest BCUT2D eigenvalue weighted by molar-refractivity contribution is 0.364. The van der Waals surface area contributed by atoms with Crippen molar-refractivity contribution in [1.29, 1.82) is 0 Å². The van der Waals surface area contributed by atoms with Crippen LogP contribution in [0.4, 0.5) is 0 Å². The number of rotatable bonds is 1. The lowest BCUT2D eigenvalue weighted by Gasteiger charge is -2.34. The molecule has 23 heavy (non-hydrogen) atoms. The van der Waals surface area contributed by atoms with E-state index in [0.29, 0.717) is 18.5 Å². The monoisotopic (exact) mass is 301 g/mol. The fourth-order valence-corrected chi connectivity index (χ4v) is 4.46. The van der Waals surface area contributed by atoms with Crippen molar-refractivity contribution >= 4 is 0 Å². The van der Waals surface area contributed by atoms with Gasteiger partial charge in [-0.25, -0.2) is 22.8 Å². The molecule has 4 rings (SSSR count). The topological polar surface area (TPSA) is 20.8 Å². The third-order valence-corrected chi connectivity index (χ3v) is 5.54. The van der Waals surface area contributed by atoms with Crippen LogP contribution in [0.2, 0.25) is 0 Å². The Balaban J connectivity index is 1.87. The van der Waals surface area contributed by atoms with Gasteiger partial charge in [-0.2, -0.15) is 0 Å². The van der Waals surface area contributed by atoms with E-state index in [1.807, 2.05) is 6.07 Å². The Morgan fingerprint density at radius 2 is 1.87 bits per heavy atom. The number of fused-ring (bicyclic) bond motifs is 4. The van der Waals surface area contributed by atoms with Crippen LogP contribution in [0.5, 0.6) is 0 Å². The average Bonchev–Trinajstić information content (AvgIpc) is 2.90. The zero-order chi connectivity index (χ0) is 15.9. The first-order chi connectivity index (χ1) is 11.3. The molecule has 1 aromatic carbocycles. The molecule has 4 atom stereocenters. The van der Waals surface area contributed by atoms with Crippen molar-refractivity contribution < 1.29 is 0 Å². The van der Waals surface area contributed by atoms with Crippen LogP contribution >= 0.6 is 0 Å². The third-order valence-electron chi connectivity index (χ3n) is 5.54. The highest BCUT2D eigenvalue weighted by Crippen LogP contribution is 2.49. The van der Waals surface area contributed by atoms with E-state index in [1.165, 1.54) is 5.56 Å². The first-order valence-corrected chi connectivity index (χ1v) is 8.24. The van der Waals surface area contributed by atoms with Crippen LogP contribution in [-0.2, 0) is 0 Å². The summed E-state index contributed by atoms with van der Waals surface area (Å²) in [6.07, 6.45) is 9.23. The van der Waals surface area contributed by atoms with E-state index >= 15 is 0 Å². The van der Waals surface area contributed by atoms with Crippen LogP contribution in [0.1, 0.15) is 30.7 Å². The van der Waals surface area contributed by atoms with Crippen LogP contribution in [0.25, 0.3) is 9.69 Å². The van der Waals surface area contributed by atoms with Gasteiger partial charge >= 0.3 is 5.66 Å². The second-order valence-corrected chi connectivity index (χ2v) is 6.71. The first kappa shape index (κ1) is 14.2. The SMILES string of the molecule is [C-]#[N+]C1([N+]#[C-])CC=CC(c2ccccc2)C2C1=C[C@H]1CCC2N1. The summed E-state index contributed by atoms with van der Waals surface area (Å²) in [5, 5.41) is 3.69. The highest BCUT2D eigenvalue weighted by Gasteiger charge is 2.57. The molecule has 0 spiro atoms. The molecule has 1 aliphatic carbocycles. The van der Waals surface area contributed by atoms with Crippen molar-refractivity contribution in [2.45, 2.75) is 42.9 Å². The predicted octanol–water partition coefficient (Wildman–Crippen LogP) is 3.94. The van der Waals surface area contributed by atoms with E-state index in [4.69, 9.17) is 13.1 Å². The van der Waals surface area contributed by atoms with Crippen LogP contribution in [0.15, 0.2) is 54.1 Å². The lowest BCUT2D eigenvalue weighted by Crippen LogP contribution is -2.45. The van der Waals surface area contributed by atoms with Gasteiger partial charge in [0.2, 0.25) is 0 Å². The van der Waals surface area contributed by atoms with Gasteiger partial charge in [-0.15, -0.1) is 0 Å². The van der Waals surface area contributed by atoms with Crippen molar-refractivity contribution in [3.8, 4) is 0 Å². The first-order valence-electron chi connectivity index (χ1n) is 8.24. The van der Waals surface area contributed by atoms with Crippen molar-refractivity contribution in [1.82, 2.24) is 5.32 Å². The maximum absolute atomic E-state index is 7.70. The number of nitrogens with zero attached hydrogens (tertiary/aromatic N) is 2. The fraction of sp³-hybridized carbons (Fsp3) is 0.400. The summed E-state index contributed by atoms with van der Waals surface area (Å²) >= 11 is 0. The van der Waals surface area contributed by atoms with Gasteiger partial charge in [0.05, 0.1) is 0 Å². The van der Waals surface area contributed by atoms with E-state index < -0.39 is 5.66 Å². The van der Waals surface area contributed by atoms with Crippen molar-refractivity contribution in [2.24, 2.45) is 5.92 Å². The highest BCUT2D eigenvalue weighted by atomic mass is 15.1. The van der Waals surface area contributed by atoms with E-state index in [1.54, 1.807) is 0 Å². The minimum Gasteiger partial charge on any atom is -0.307 e. The Hall–Kier alpha value is -2.36. The molecule has 0 aromatic heterocycles. The highest BCUT2D eigenvalue weighted by molar-refractivity contribution is 5.44. The van der Waals surface area contributed by atoms with E-state index in [9.17, 15) is 0 Å². The van der Waals surface area contributed by atoms with Gasteiger partial charge in [0.1, 0.15) is 12.0 Å². The van der Waals surface area contributed by atoms with Crippen molar-refractivity contribution in [2.75, 3.05) is 0 Å². The molecular formula is C20H19N3. The molecule has 2 aliphatic heterocycles. The smallest absolute Gasteiger partial charge is 0.307 e. The van der Waals surface area contributed by atoms with Gasteiger partial charge < -0.3 is 5.32 Å². The molecule has 1 aromatic rings. The molecule has 0 radical (unpaired) electrons. The van der Waals surface area contributed by atoms with Crippen LogP contribution in [0.3, 0.4) is 0 Å². The maximum Gasteiger partial charge on any atom is 0.509 e. The summed E-state index contributed by atoms with van der Waals surface area (Å²) < 4.78 is 0. The Morgan fingerprint density at radius 3 is 2.61 bits per heavy atom. The summed E-state index contributed by atoms with van der Waals surface area (Å²) in [5.41, 5.74) is 1.30. The van der Waals surface area contributed by atoms with Crippen molar-refractivity contribution in [3.63, 3.8) is 0 Å². The molecule has 2 bridgehead atoms. The molecule has 3 unspecified atom stereocenters. The van der Waals surface area contributed by atoms with Gasteiger partial charge in [-0.1, -0.05) is 48.6 Å². The number of benzene rings is 1. The molecule has 0 amide bonds. The molecule has 0 saturated carbocycles. The van der Waals surface area contributed by atoms with E-state index in [0.717, 1.165) is 18.4 Å². The van der Waals surface area contributed by atoms with Crippen LogP contribution in [0, 0.1) is 19.1 Å². The Kier molecular flexibility index (Phi) is 3.33. The molecule has 3 heteroatoms. The standard InChI is InChI=1S/C20H19N3/c1-21-20(22-2)12-6-9-16(14-7-4-3-5-8-14)19-17(20)13-15-10-11-18(19)23-15/h3-9,13,15-16,18-19,23H,10-12H2/t15-,16?,18?,19?/m1/s1. The van der Waals surface area contributed by atoms with Gasteiger partial charge in [-0.05, 0) is 18.4 Å². The second kappa shape index (κ2) is 5.37. The summed E-state index contributed by atoms with van der Waals surface area (Å²) in [6.45, 7) is 15.4. The molecule has 1 N–H and O–H groups in total. The van der Waals surface area contributed by atoms with E-state index in [-0.39, 0.29) is 11.8 Å². The Labute approximate surface area is 137 Å². The number of allylic oxidation sites excluding steroid dienone is 1. The summed E-state index contributed by atoms with van der Waals surface area (Å²) in [6, 6.07) is 11.2. The average molecular weight is 301 g/mol. The van der Waals surface area contributed by atoms with Gasteiger partial charge in [-0.3, -0.25) is 0 Å². The quantitative estimate of drug-likeness (QED) is 0.615. The number of nitrogens with one attached hydrogen (secondary N) is 1. The van der Waals surface area contributed by atoms with Crippen LogP contribution < -0.4 is 5.32 Å². The molecule has 2 heterocycles. The molecule has 3 aliphatic rings. The largest absolute Gasteiger partial charge is 0.509 e. The number of hydrogen-bond acceptors (Lipinski definition) is 1. The molecule has 1 fully saturated rings. The lowest BCUT2D eigenvalue weighted by atomic mass is 9.73. The summed E-state index contributed by atoms with van der Waals surface area (Å²) in [7, 11) is 0. The normalized spacial score (nSPS) is 33.7. The predicted molar refractivity (Wildman–Crippen MR) is 90.4 cm³/mol. The Bertz CT molecular complexity index is 733. The molecule has 114 valence electrons. The molecule has 3 nitrogen and oxygen atoms in total. The fourth-order valence-electron chi connectivity index (χ4n) is 4.46. The van der Waals surface area contributed by atoms with Crippen molar-refractivity contribution in [3.05, 3.63) is 82.5 Å². The van der Waals surface area contributed by atoms with Crippen LogP contribution in [-0.4, -0.2) is 17.7 Å². The van der Waals surface area contributed by atoms with Gasteiger partial charge in [0.25, 0.3) is 0 Å². The minimum absolute atomic E-state index is 0.207. The Morgan fingerprint density at radius 1 is 1.09 bits per heavy atom. The maximum atomic E-state index is 7.70. The zero-order valence-corrected chi connectivity index (χ0v) is 12.9. The van der Waals surface area contributed by atoms with Gasteiger partial charge in [0.15, 0.2) is 0 Å². The van der Waals surface area contributed by atoms with Gasteiger partial charge in [0, 0.05) is 23.9 Å². The molecule has 1 saturated heterocycles. The zero-order valence-electron chi connectivity index (χ0n) is 12.9. The summed E-state index contributed by atoms with van der Waals surface area (Å²) in [4.78, 5) is 7.63. The summed E-state index contributed by atoms with van der Waals surface area (Å²) in [5.74, 6) is 0.447.